The molecule has 0 atom stereocenters. The molecule has 18 heavy (non-hydrogen) atoms. The van der Waals surface area contributed by atoms with Crippen LogP contribution in [0.5, 0.6) is 0 Å². The van der Waals surface area contributed by atoms with Crippen LogP contribution in [0.15, 0.2) is 64.4 Å². The molecule has 2 aromatic rings. The number of ether oxygens (including phenoxy) is 2. The molecule has 2 rings (SSSR count). The minimum absolute atomic E-state index is 0.322. The van der Waals surface area contributed by atoms with Gasteiger partial charge < -0.3 is 9.47 Å². The summed E-state index contributed by atoms with van der Waals surface area (Å²) in [5.41, 5.74) is 1.05. The van der Waals surface area contributed by atoms with Gasteiger partial charge in [-0.05, 0) is 18.2 Å². The van der Waals surface area contributed by atoms with Crippen molar-refractivity contribution in [2.45, 2.75) is 16.1 Å². The van der Waals surface area contributed by atoms with E-state index in [1.54, 1.807) is 26.0 Å². The van der Waals surface area contributed by atoms with Crippen molar-refractivity contribution in [1.29, 1.82) is 0 Å². The van der Waals surface area contributed by atoms with Crippen LogP contribution in [0, 0.1) is 0 Å². The van der Waals surface area contributed by atoms with E-state index in [0.29, 0.717) is 0 Å². The van der Waals surface area contributed by atoms with Gasteiger partial charge in [0, 0.05) is 29.6 Å². The van der Waals surface area contributed by atoms with Crippen molar-refractivity contribution in [3.05, 3.63) is 60.2 Å². The number of rotatable bonds is 5. The molecule has 94 valence electrons. The van der Waals surface area contributed by atoms with Crippen LogP contribution in [0.4, 0.5) is 0 Å². The van der Waals surface area contributed by atoms with E-state index in [1.807, 2.05) is 36.4 Å². The van der Waals surface area contributed by atoms with Crippen molar-refractivity contribution in [3.63, 3.8) is 0 Å². The van der Waals surface area contributed by atoms with Crippen molar-refractivity contribution < 1.29 is 9.47 Å². The molecule has 0 amide bonds. The lowest BCUT2D eigenvalue weighted by molar-refractivity contribution is -0.107. The van der Waals surface area contributed by atoms with Gasteiger partial charge in [-0.2, -0.15) is 0 Å². The van der Waals surface area contributed by atoms with Crippen LogP contribution in [0.1, 0.15) is 11.9 Å². The van der Waals surface area contributed by atoms with Crippen molar-refractivity contribution >= 4 is 11.8 Å². The SMILES string of the molecule is COC(OC)c1ccccc1Sc1ccccc1. The molecule has 0 saturated carbocycles. The fraction of sp³-hybridized carbons (Fsp3) is 0.200. The fourth-order valence-corrected chi connectivity index (χ4v) is 2.71. The van der Waals surface area contributed by atoms with Crippen molar-refractivity contribution in [2.75, 3.05) is 14.2 Å². The zero-order valence-electron chi connectivity index (χ0n) is 10.5. The average molecular weight is 260 g/mol. The molecule has 0 unspecified atom stereocenters. The molecule has 0 bridgehead atoms. The van der Waals surface area contributed by atoms with Crippen molar-refractivity contribution in [3.8, 4) is 0 Å². The maximum atomic E-state index is 5.33. The highest BCUT2D eigenvalue weighted by Crippen LogP contribution is 2.34. The van der Waals surface area contributed by atoms with E-state index in [1.165, 1.54) is 4.90 Å². The lowest BCUT2D eigenvalue weighted by Crippen LogP contribution is -2.04. The second-order valence-electron chi connectivity index (χ2n) is 3.76. The van der Waals surface area contributed by atoms with Crippen LogP contribution in [0.3, 0.4) is 0 Å². The first-order chi connectivity index (χ1) is 8.85. The molecule has 0 aliphatic carbocycles. The van der Waals surface area contributed by atoms with Crippen molar-refractivity contribution in [2.24, 2.45) is 0 Å². The molecule has 3 heteroatoms. The van der Waals surface area contributed by atoms with Gasteiger partial charge in [-0.25, -0.2) is 0 Å². The van der Waals surface area contributed by atoms with E-state index < -0.39 is 0 Å². The third-order valence-corrected chi connectivity index (χ3v) is 3.67. The monoisotopic (exact) mass is 260 g/mol. The molecule has 0 N–H and O–H groups in total. The molecule has 0 saturated heterocycles. The fourth-order valence-electron chi connectivity index (χ4n) is 1.73. The number of benzene rings is 2. The smallest absolute Gasteiger partial charge is 0.184 e. The Morgan fingerprint density at radius 3 is 2.11 bits per heavy atom. The van der Waals surface area contributed by atoms with Gasteiger partial charge in [0.2, 0.25) is 0 Å². The second kappa shape index (κ2) is 6.59. The third kappa shape index (κ3) is 3.13. The lowest BCUT2D eigenvalue weighted by Gasteiger charge is -2.17. The second-order valence-corrected chi connectivity index (χ2v) is 4.87. The Labute approximate surface area is 112 Å². The van der Waals surface area contributed by atoms with Gasteiger partial charge in [0.1, 0.15) is 0 Å². The minimum Gasteiger partial charge on any atom is -0.352 e. The summed E-state index contributed by atoms with van der Waals surface area (Å²) in [6, 6.07) is 18.4. The number of hydrogen-bond acceptors (Lipinski definition) is 3. The molecule has 0 aliphatic heterocycles. The molecule has 0 heterocycles. The Hall–Kier alpha value is -1.29. The normalized spacial score (nSPS) is 10.8. The van der Waals surface area contributed by atoms with E-state index in [9.17, 15) is 0 Å². The molecule has 0 aromatic heterocycles. The first-order valence-electron chi connectivity index (χ1n) is 5.72. The topological polar surface area (TPSA) is 18.5 Å². The first kappa shape index (κ1) is 13.1. The average Bonchev–Trinajstić information content (AvgIpc) is 2.43. The van der Waals surface area contributed by atoms with E-state index in [4.69, 9.17) is 9.47 Å². The molecular weight excluding hydrogens is 244 g/mol. The van der Waals surface area contributed by atoms with Crippen LogP contribution >= 0.6 is 11.8 Å². The summed E-state index contributed by atoms with van der Waals surface area (Å²) in [4.78, 5) is 2.35. The summed E-state index contributed by atoms with van der Waals surface area (Å²) in [5.74, 6) is 0. The number of hydrogen-bond donors (Lipinski definition) is 0. The van der Waals surface area contributed by atoms with Crippen LogP contribution in [0.2, 0.25) is 0 Å². The molecule has 0 fully saturated rings. The predicted molar refractivity (Wildman–Crippen MR) is 73.8 cm³/mol. The van der Waals surface area contributed by atoms with Gasteiger partial charge in [0.25, 0.3) is 0 Å². The third-order valence-electron chi connectivity index (χ3n) is 2.57. The Kier molecular flexibility index (Phi) is 4.81. The van der Waals surface area contributed by atoms with Gasteiger partial charge in [-0.15, -0.1) is 0 Å². The van der Waals surface area contributed by atoms with Gasteiger partial charge in [-0.3, -0.25) is 0 Å². The molecule has 0 spiro atoms. The van der Waals surface area contributed by atoms with Crippen LogP contribution < -0.4 is 0 Å². The summed E-state index contributed by atoms with van der Waals surface area (Å²) in [6.45, 7) is 0. The summed E-state index contributed by atoms with van der Waals surface area (Å²) in [7, 11) is 3.30. The molecular formula is C15H16O2S. The molecule has 0 aliphatic rings. The molecule has 2 aromatic carbocycles. The predicted octanol–water partition coefficient (Wildman–Crippen LogP) is 4.13. The van der Waals surface area contributed by atoms with E-state index in [2.05, 4.69) is 18.2 Å². The van der Waals surface area contributed by atoms with Gasteiger partial charge in [0.05, 0.1) is 0 Å². The summed E-state index contributed by atoms with van der Waals surface area (Å²) in [5, 5.41) is 0. The Bertz CT molecular complexity index is 481. The van der Waals surface area contributed by atoms with Crippen LogP contribution in [0.25, 0.3) is 0 Å². The molecule has 2 nitrogen and oxygen atoms in total. The number of methoxy groups -OCH3 is 2. The van der Waals surface area contributed by atoms with Crippen molar-refractivity contribution in [1.82, 2.24) is 0 Å². The summed E-state index contributed by atoms with van der Waals surface area (Å²) in [6.07, 6.45) is -0.322. The largest absolute Gasteiger partial charge is 0.352 e. The first-order valence-corrected chi connectivity index (χ1v) is 6.54. The standard InChI is InChI=1S/C15H16O2S/c1-16-15(17-2)13-10-6-7-11-14(13)18-12-8-4-3-5-9-12/h3-11,15H,1-2H3. The minimum atomic E-state index is -0.322. The van der Waals surface area contributed by atoms with Gasteiger partial charge in [-0.1, -0.05) is 48.2 Å². The van der Waals surface area contributed by atoms with Crippen LogP contribution in [-0.2, 0) is 9.47 Å². The Morgan fingerprint density at radius 2 is 1.44 bits per heavy atom. The maximum Gasteiger partial charge on any atom is 0.184 e. The summed E-state index contributed by atoms with van der Waals surface area (Å²) >= 11 is 1.71. The molecule has 0 radical (unpaired) electrons. The Morgan fingerprint density at radius 1 is 0.833 bits per heavy atom. The highest BCUT2D eigenvalue weighted by atomic mass is 32.2. The van der Waals surface area contributed by atoms with E-state index in [0.717, 1.165) is 10.5 Å². The van der Waals surface area contributed by atoms with Gasteiger partial charge in [0.15, 0.2) is 6.29 Å². The maximum absolute atomic E-state index is 5.33. The summed E-state index contributed by atoms with van der Waals surface area (Å²) < 4.78 is 10.7. The van der Waals surface area contributed by atoms with Crippen LogP contribution in [-0.4, -0.2) is 14.2 Å². The quantitative estimate of drug-likeness (QED) is 0.753. The highest BCUT2D eigenvalue weighted by molar-refractivity contribution is 7.99. The van der Waals surface area contributed by atoms with E-state index in [-0.39, 0.29) is 6.29 Å². The zero-order valence-corrected chi connectivity index (χ0v) is 11.3. The highest BCUT2D eigenvalue weighted by Gasteiger charge is 2.13. The van der Waals surface area contributed by atoms with Gasteiger partial charge >= 0.3 is 0 Å². The lowest BCUT2D eigenvalue weighted by atomic mass is 10.2. The Balaban J connectivity index is 2.28. The van der Waals surface area contributed by atoms with E-state index >= 15 is 0 Å². The zero-order chi connectivity index (χ0) is 12.8.